The van der Waals surface area contributed by atoms with Crippen LogP contribution in [0.5, 0.6) is 0 Å². The molecule has 2 aliphatic rings. The minimum Gasteiger partial charge on any atom is -0.326 e. The first kappa shape index (κ1) is 18.7. The molecule has 2 heterocycles. The van der Waals surface area contributed by atoms with Gasteiger partial charge >= 0.3 is 0 Å². The van der Waals surface area contributed by atoms with Gasteiger partial charge in [0.05, 0.1) is 27.7 Å². The summed E-state index contributed by atoms with van der Waals surface area (Å²) in [6.07, 6.45) is 1.79. The molecule has 0 spiro atoms. The second-order valence-corrected chi connectivity index (χ2v) is 7.52. The monoisotopic (exact) mass is 416 g/mol. The first-order valence-electron chi connectivity index (χ1n) is 8.66. The molecule has 0 bridgehead atoms. The summed E-state index contributed by atoms with van der Waals surface area (Å²) in [6, 6.07) is 7.64. The van der Waals surface area contributed by atoms with Gasteiger partial charge in [-0.2, -0.15) is 0 Å². The van der Waals surface area contributed by atoms with Gasteiger partial charge in [0.25, 0.3) is 11.8 Å². The van der Waals surface area contributed by atoms with Gasteiger partial charge in [-0.25, -0.2) is 0 Å². The number of hydrogen-bond donors (Lipinski definition) is 1. The van der Waals surface area contributed by atoms with E-state index in [9.17, 15) is 19.2 Å². The Kier molecular flexibility index (Phi) is 4.69. The average molecular weight is 417 g/mol. The summed E-state index contributed by atoms with van der Waals surface area (Å²) in [5.41, 5.74) is 2.19. The zero-order chi connectivity index (χ0) is 20.0. The summed E-state index contributed by atoms with van der Waals surface area (Å²) in [6.45, 7) is -0.382. The molecule has 0 saturated carbocycles. The molecule has 0 aliphatic carbocycles. The third-order valence-electron chi connectivity index (χ3n) is 4.86. The Morgan fingerprint density at radius 3 is 2.25 bits per heavy atom. The number of hydrogen-bond acceptors (Lipinski definition) is 4. The number of aryl methyl sites for hydroxylation is 1. The van der Waals surface area contributed by atoms with Crippen molar-refractivity contribution in [1.29, 1.82) is 0 Å². The van der Waals surface area contributed by atoms with Crippen LogP contribution in [0.15, 0.2) is 30.3 Å². The maximum absolute atomic E-state index is 12.7. The lowest BCUT2D eigenvalue weighted by Crippen LogP contribution is -2.34. The Morgan fingerprint density at radius 1 is 0.964 bits per heavy atom. The smallest absolute Gasteiger partial charge is 0.262 e. The van der Waals surface area contributed by atoms with Crippen molar-refractivity contribution < 1.29 is 19.2 Å². The van der Waals surface area contributed by atoms with E-state index in [4.69, 9.17) is 23.2 Å². The number of benzene rings is 2. The van der Waals surface area contributed by atoms with E-state index in [1.807, 2.05) is 0 Å². The molecule has 4 rings (SSSR count). The number of carbonyl (C=O) groups excluding carboxylic acids is 4. The van der Waals surface area contributed by atoms with E-state index in [1.54, 1.807) is 18.2 Å². The second kappa shape index (κ2) is 7.04. The van der Waals surface area contributed by atoms with E-state index >= 15 is 0 Å². The molecular formula is C20H14Cl2N2O4. The number of Topliss-reactive ketones (excluding diaryl/α,β-unsaturated/α-hetero) is 1. The lowest BCUT2D eigenvalue weighted by molar-refractivity contribution is -0.116. The van der Waals surface area contributed by atoms with E-state index in [2.05, 4.69) is 5.32 Å². The highest BCUT2D eigenvalue weighted by molar-refractivity contribution is 6.43. The van der Waals surface area contributed by atoms with Crippen molar-refractivity contribution in [3.8, 4) is 0 Å². The van der Waals surface area contributed by atoms with E-state index in [1.165, 1.54) is 12.1 Å². The number of halogens is 2. The maximum Gasteiger partial charge on any atom is 0.262 e. The zero-order valence-corrected chi connectivity index (χ0v) is 16.1. The van der Waals surface area contributed by atoms with Crippen molar-refractivity contribution in [2.24, 2.45) is 0 Å². The number of nitrogens with one attached hydrogen (secondary N) is 1. The molecule has 2 aromatic carbocycles. The highest BCUT2D eigenvalue weighted by atomic mass is 35.5. The Hall–Kier alpha value is -2.70. The summed E-state index contributed by atoms with van der Waals surface area (Å²) in [4.78, 5) is 50.4. The first-order valence-corrected chi connectivity index (χ1v) is 9.42. The SMILES string of the molecule is O=C1CCCc2cc(C(=O)CN3C(=O)c4cc(Cl)c(Cl)cc4C3=O)ccc2N1. The number of ketones is 1. The lowest BCUT2D eigenvalue weighted by Gasteiger charge is -2.14. The van der Waals surface area contributed by atoms with Crippen LogP contribution in [0.4, 0.5) is 5.69 Å². The lowest BCUT2D eigenvalue weighted by atomic mass is 10.0. The van der Waals surface area contributed by atoms with Gasteiger partial charge in [0.2, 0.25) is 5.91 Å². The number of anilines is 1. The molecule has 6 nitrogen and oxygen atoms in total. The standard InChI is InChI=1S/C20H14Cl2N2O4/c21-14-7-12-13(8-15(14)22)20(28)24(19(12)27)9-17(25)11-4-5-16-10(6-11)2-1-3-18(26)23-16/h4-8H,1-3,9H2,(H,23,26). The van der Waals surface area contributed by atoms with E-state index in [-0.39, 0.29) is 39.4 Å². The van der Waals surface area contributed by atoms with Crippen LogP contribution in [0.1, 0.15) is 49.5 Å². The Bertz CT molecular complexity index is 1020. The van der Waals surface area contributed by atoms with Crippen LogP contribution >= 0.6 is 23.2 Å². The van der Waals surface area contributed by atoms with Crippen LogP contribution in [0.25, 0.3) is 0 Å². The van der Waals surface area contributed by atoms with Crippen molar-refractivity contribution >= 4 is 52.4 Å². The molecular weight excluding hydrogens is 403 g/mol. The van der Waals surface area contributed by atoms with Crippen LogP contribution in [0.2, 0.25) is 10.0 Å². The van der Waals surface area contributed by atoms with E-state index in [0.29, 0.717) is 30.5 Å². The molecule has 0 atom stereocenters. The van der Waals surface area contributed by atoms with Gasteiger partial charge < -0.3 is 5.32 Å². The van der Waals surface area contributed by atoms with Gasteiger partial charge in [0.15, 0.2) is 5.78 Å². The van der Waals surface area contributed by atoms with Gasteiger partial charge in [0, 0.05) is 17.7 Å². The van der Waals surface area contributed by atoms with Crippen molar-refractivity contribution in [2.45, 2.75) is 19.3 Å². The quantitative estimate of drug-likeness (QED) is 0.609. The molecule has 0 aromatic heterocycles. The fourth-order valence-corrected chi connectivity index (χ4v) is 3.74. The minimum atomic E-state index is -0.575. The first-order chi connectivity index (χ1) is 13.3. The predicted octanol–water partition coefficient (Wildman–Crippen LogP) is 3.75. The largest absolute Gasteiger partial charge is 0.326 e. The number of fused-ring (bicyclic) bond motifs is 2. The summed E-state index contributed by atoms with van der Waals surface area (Å²) in [5, 5.41) is 3.14. The molecule has 3 amide bonds. The fourth-order valence-electron chi connectivity index (χ4n) is 3.41. The van der Waals surface area contributed by atoms with Crippen LogP contribution < -0.4 is 5.32 Å². The van der Waals surface area contributed by atoms with Crippen molar-refractivity contribution in [3.63, 3.8) is 0 Å². The second-order valence-electron chi connectivity index (χ2n) is 6.71. The molecule has 28 heavy (non-hydrogen) atoms. The molecule has 0 saturated heterocycles. The molecule has 0 unspecified atom stereocenters. The van der Waals surface area contributed by atoms with Gasteiger partial charge in [-0.3, -0.25) is 24.1 Å². The summed E-state index contributed by atoms with van der Waals surface area (Å²) in [5.74, 6) is -1.57. The Morgan fingerprint density at radius 2 is 1.61 bits per heavy atom. The summed E-state index contributed by atoms with van der Waals surface area (Å²) >= 11 is 11.9. The Balaban J connectivity index is 1.58. The van der Waals surface area contributed by atoms with Gasteiger partial charge in [-0.15, -0.1) is 0 Å². The topological polar surface area (TPSA) is 83.6 Å². The highest BCUT2D eigenvalue weighted by Crippen LogP contribution is 2.32. The van der Waals surface area contributed by atoms with Crippen LogP contribution in [0.3, 0.4) is 0 Å². The number of amides is 3. The predicted molar refractivity (Wildman–Crippen MR) is 104 cm³/mol. The van der Waals surface area contributed by atoms with Crippen molar-refractivity contribution in [1.82, 2.24) is 4.90 Å². The molecule has 0 radical (unpaired) electrons. The number of imide groups is 1. The normalized spacial score (nSPS) is 15.8. The van der Waals surface area contributed by atoms with Crippen LogP contribution in [-0.4, -0.2) is 34.9 Å². The Labute approximate surface area is 170 Å². The number of nitrogens with zero attached hydrogens (tertiary/aromatic N) is 1. The van der Waals surface area contributed by atoms with Crippen LogP contribution in [0, 0.1) is 0 Å². The fraction of sp³-hybridized carbons (Fsp3) is 0.200. The molecule has 8 heteroatoms. The average Bonchev–Trinajstić information content (AvgIpc) is 2.80. The third-order valence-corrected chi connectivity index (χ3v) is 5.59. The number of carbonyl (C=O) groups is 4. The highest BCUT2D eigenvalue weighted by Gasteiger charge is 2.37. The molecule has 142 valence electrons. The van der Waals surface area contributed by atoms with Crippen LogP contribution in [-0.2, 0) is 11.2 Å². The van der Waals surface area contributed by atoms with Gasteiger partial charge in [-0.1, -0.05) is 23.2 Å². The molecule has 2 aromatic rings. The molecule has 2 aliphatic heterocycles. The van der Waals surface area contributed by atoms with Crippen molar-refractivity contribution in [3.05, 3.63) is 62.6 Å². The number of rotatable bonds is 3. The molecule has 1 N–H and O–H groups in total. The maximum atomic E-state index is 12.7. The van der Waals surface area contributed by atoms with E-state index in [0.717, 1.165) is 10.5 Å². The van der Waals surface area contributed by atoms with Crippen molar-refractivity contribution in [2.75, 3.05) is 11.9 Å². The minimum absolute atomic E-state index is 0.0545. The van der Waals surface area contributed by atoms with E-state index < -0.39 is 11.8 Å². The van der Waals surface area contributed by atoms with Gasteiger partial charge in [-0.05, 0) is 48.7 Å². The summed E-state index contributed by atoms with van der Waals surface area (Å²) < 4.78 is 0. The van der Waals surface area contributed by atoms with Gasteiger partial charge in [0.1, 0.15) is 0 Å². The third kappa shape index (κ3) is 3.19. The zero-order valence-electron chi connectivity index (χ0n) is 14.6. The summed E-state index contributed by atoms with van der Waals surface area (Å²) in [7, 11) is 0. The molecule has 0 fully saturated rings.